The summed E-state index contributed by atoms with van der Waals surface area (Å²) < 4.78 is 14.6. The number of hydrogen-bond acceptors (Lipinski definition) is 3. The number of rotatable bonds is 5. The number of hydrogen-bond donors (Lipinski definition) is 1. The van der Waals surface area contributed by atoms with Gasteiger partial charge in [0, 0.05) is 7.05 Å². The fourth-order valence-corrected chi connectivity index (χ4v) is 1.61. The first-order chi connectivity index (χ1) is 8.25. The van der Waals surface area contributed by atoms with Gasteiger partial charge in [0.25, 0.3) is 0 Å². The zero-order valence-electron chi connectivity index (χ0n) is 9.73. The Bertz CT molecular complexity index is 481. The van der Waals surface area contributed by atoms with E-state index in [-0.39, 0.29) is 5.82 Å². The maximum atomic E-state index is 12.9. The van der Waals surface area contributed by atoms with Crippen LogP contribution in [0.3, 0.4) is 0 Å². The monoisotopic (exact) mass is 234 g/mol. The Morgan fingerprint density at radius 3 is 3.00 bits per heavy atom. The van der Waals surface area contributed by atoms with Crippen molar-refractivity contribution in [3.63, 3.8) is 0 Å². The summed E-state index contributed by atoms with van der Waals surface area (Å²) in [5.74, 6) is 0.708. The maximum Gasteiger partial charge on any atom is 0.140 e. The molecule has 2 rings (SSSR count). The lowest BCUT2D eigenvalue weighted by molar-refractivity contribution is 0.608. The van der Waals surface area contributed by atoms with Gasteiger partial charge in [-0.05, 0) is 30.7 Å². The molecular formula is C12H15FN4. The molecule has 0 bridgehead atoms. The van der Waals surface area contributed by atoms with Crippen LogP contribution in [-0.4, -0.2) is 21.3 Å². The van der Waals surface area contributed by atoms with Crippen molar-refractivity contribution in [3.8, 4) is 0 Å². The zero-order chi connectivity index (χ0) is 12.1. The van der Waals surface area contributed by atoms with Gasteiger partial charge in [-0.15, -0.1) is 0 Å². The second-order valence-corrected chi connectivity index (χ2v) is 3.86. The highest BCUT2D eigenvalue weighted by molar-refractivity contribution is 5.16. The van der Waals surface area contributed by atoms with Gasteiger partial charge in [-0.2, -0.15) is 5.10 Å². The molecule has 0 aliphatic rings. The van der Waals surface area contributed by atoms with E-state index in [9.17, 15) is 4.39 Å². The molecule has 1 heterocycles. The molecular weight excluding hydrogens is 219 g/mol. The molecule has 0 amide bonds. The summed E-state index contributed by atoms with van der Waals surface area (Å²) in [5.41, 5.74) is 0.996. The van der Waals surface area contributed by atoms with E-state index in [2.05, 4.69) is 15.4 Å². The van der Waals surface area contributed by atoms with Crippen LogP contribution in [0.15, 0.2) is 30.6 Å². The van der Waals surface area contributed by atoms with Crippen molar-refractivity contribution in [2.24, 2.45) is 7.05 Å². The Morgan fingerprint density at radius 2 is 2.29 bits per heavy atom. The molecule has 2 aromatic rings. The van der Waals surface area contributed by atoms with Crippen LogP contribution >= 0.6 is 0 Å². The third kappa shape index (κ3) is 3.35. The predicted octanol–water partition coefficient (Wildman–Crippen LogP) is 1.29. The topological polar surface area (TPSA) is 42.7 Å². The Morgan fingerprint density at radius 1 is 1.41 bits per heavy atom. The molecule has 0 saturated carbocycles. The number of halogens is 1. The van der Waals surface area contributed by atoms with E-state index in [1.165, 1.54) is 12.4 Å². The first kappa shape index (κ1) is 11.7. The molecule has 1 aromatic heterocycles. The number of benzene rings is 1. The lowest BCUT2D eigenvalue weighted by Crippen LogP contribution is -2.19. The summed E-state index contributed by atoms with van der Waals surface area (Å²) in [6, 6.07) is 6.67. The van der Waals surface area contributed by atoms with Gasteiger partial charge in [0.1, 0.15) is 18.0 Å². The van der Waals surface area contributed by atoms with E-state index < -0.39 is 0 Å². The summed E-state index contributed by atoms with van der Waals surface area (Å²) >= 11 is 0. The number of aromatic nitrogens is 3. The van der Waals surface area contributed by atoms with Crippen LogP contribution in [0.4, 0.5) is 4.39 Å². The normalized spacial score (nSPS) is 10.7. The number of nitrogens with one attached hydrogen (secondary N) is 1. The second-order valence-electron chi connectivity index (χ2n) is 3.86. The first-order valence-corrected chi connectivity index (χ1v) is 5.54. The first-order valence-electron chi connectivity index (χ1n) is 5.54. The highest BCUT2D eigenvalue weighted by Crippen LogP contribution is 2.03. The summed E-state index contributed by atoms with van der Waals surface area (Å²) in [6.45, 7) is 1.46. The number of nitrogens with zero attached hydrogens (tertiary/aromatic N) is 3. The molecule has 0 atom stereocenters. The molecule has 5 heteroatoms. The Balaban J connectivity index is 1.75. The predicted molar refractivity (Wildman–Crippen MR) is 62.8 cm³/mol. The number of aryl methyl sites for hydroxylation is 1. The average Bonchev–Trinajstić information content (AvgIpc) is 2.71. The van der Waals surface area contributed by atoms with Crippen molar-refractivity contribution in [1.82, 2.24) is 20.1 Å². The minimum absolute atomic E-state index is 0.184. The van der Waals surface area contributed by atoms with Gasteiger partial charge < -0.3 is 5.32 Å². The fraction of sp³-hybridized carbons (Fsp3) is 0.333. The summed E-state index contributed by atoms with van der Waals surface area (Å²) in [4.78, 5) is 4.10. The van der Waals surface area contributed by atoms with E-state index in [1.54, 1.807) is 16.8 Å². The van der Waals surface area contributed by atoms with E-state index in [0.717, 1.165) is 24.4 Å². The van der Waals surface area contributed by atoms with E-state index in [1.807, 2.05) is 13.1 Å². The van der Waals surface area contributed by atoms with E-state index in [4.69, 9.17) is 0 Å². The highest BCUT2D eigenvalue weighted by Gasteiger charge is 1.99. The molecule has 0 unspecified atom stereocenters. The summed E-state index contributed by atoms with van der Waals surface area (Å²) in [6.07, 6.45) is 2.33. The molecule has 0 aliphatic heterocycles. The smallest absolute Gasteiger partial charge is 0.140 e. The average molecular weight is 234 g/mol. The summed E-state index contributed by atoms with van der Waals surface area (Å²) in [7, 11) is 1.86. The molecule has 4 nitrogen and oxygen atoms in total. The Hall–Kier alpha value is -1.75. The minimum atomic E-state index is -0.184. The van der Waals surface area contributed by atoms with Gasteiger partial charge in [0.2, 0.25) is 0 Å². The Kier molecular flexibility index (Phi) is 3.82. The van der Waals surface area contributed by atoms with Gasteiger partial charge in [0.05, 0.1) is 6.54 Å². The molecule has 0 fully saturated rings. The maximum absolute atomic E-state index is 12.9. The lowest BCUT2D eigenvalue weighted by atomic mass is 10.1. The lowest BCUT2D eigenvalue weighted by Gasteiger charge is -2.04. The van der Waals surface area contributed by atoms with Crippen LogP contribution in [0, 0.1) is 5.82 Å². The molecule has 17 heavy (non-hydrogen) atoms. The van der Waals surface area contributed by atoms with Crippen LogP contribution in [-0.2, 0) is 20.0 Å². The van der Waals surface area contributed by atoms with Crippen LogP contribution in [0.1, 0.15) is 11.4 Å². The zero-order valence-corrected chi connectivity index (χ0v) is 9.73. The van der Waals surface area contributed by atoms with Crippen LogP contribution in [0.5, 0.6) is 0 Å². The highest BCUT2D eigenvalue weighted by atomic mass is 19.1. The molecule has 90 valence electrons. The quantitative estimate of drug-likeness (QED) is 0.793. The van der Waals surface area contributed by atoms with Crippen molar-refractivity contribution >= 4 is 0 Å². The summed E-state index contributed by atoms with van der Waals surface area (Å²) in [5, 5.41) is 7.23. The molecule has 0 saturated heterocycles. The molecule has 1 aromatic carbocycles. The fourth-order valence-electron chi connectivity index (χ4n) is 1.61. The van der Waals surface area contributed by atoms with Crippen LogP contribution in [0.2, 0.25) is 0 Å². The van der Waals surface area contributed by atoms with Crippen molar-refractivity contribution in [3.05, 3.63) is 47.8 Å². The SMILES string of the molecule is Cn1ncnc1CNCCc1cccc(F)c1. The van der Waals surface area contributed by atoms with Crippen LogP contribution in [0.25, 0.3) is 0 Å². The van der Waals surface area contributed by atoms with Crippen LogP contribution < -0.4 is 5.32 Å². The van der Waals surface area contributed by atoms with Crippen molar-refractivity contribution < 1.29 is 4.39 Å². The third-order valence-corrected chi connectivity index (χ3v) is 2.57. The van der Waals surface area contributed by atoms with Crippen molar-refractivity contribution in [2.75, 3.05) is 6.54 Å². The van der Waals surface area contributed by atoms with E-state index >= 15 is 0 Å². The molecule has 1 N–H and O–H groups in total. The molecule has 0 aliphatic carbocycles. The van der Waals surface area contributed by atoms with Gasteiger partial charge in [-0.1, -0.05) is 12.1 Å². The van der Waals surface area contributed by atoms with Gasteiger partial charge in [0.15, 0.2) is 0 Å². The standard InChI is InChI=1S/C12H15FN4/c1-17-12(15-9-16-17)8-14-6-5-10-3-2-4-11(13)7-10/h2-4,7,9,14H,5-6,8H2,1H3. The van der Waals surface area contributed by atoms with Crippen molar-refractivity contribution in [2.45, 2.75) is 13.0 Å². The third-order valence-electron chi connectivity index (χ3n) is 2.57. The molecule has 0 spiro atoms. The van der Waals surface area contributed by atoms with Gasteiger partial charge in [-0.25, -0.2) is 9.37 Å². The van der Waals surface area contributed by atoms with Crippen molar-refractivity contribution in [1.29, 1.82) is 0 Å². The minimum Gasteiger partial charge on any atom is -0.310 e. The Labute approximate surface area is 99.5 Å². The van der Waals surface area contributed by atoms with Gasteiger partial charge in [-0.3, -0.25) is 4.68 Å². The van der Waals surface area contributed by atoms with Gasteiger partial charge >= 0.3 is 0 Å². The second kappa shape index (κ2) is 5.54. The largest absolute Gasteiger partial charge is 0.310 e. The molecule has 0 radical (unpaired) electrons. The van der Waals surface area contributed by atoms with E-state index in [0.29, 0.717) is 6.54 Å².